The van der Waals surface area contributed by atoms with Crippen LogP contribution in [0.5, 0.6) is 11.5 Å². The van der Waals surface area contributed by atoms with Crippen molar-refractivity contribution in [3.63, 3.8) is 0 Å². The van der Waals surface area contributed by atoms with E-state index in [0.29, 0.717) is 27.9 Å². The summed E-state index contributed by atoms with van der Waals surface area (Å²) in [5, 5.41) is 24.7. The van der Waals surface area contributed by atoms with Gasteiger partial charge in [0.1, 0.15) is 16.5 Å². The third kappa shape index (κ3) is 5.14. The van der Waals surface area contributed by atoms with Gasteiger partial charge in [-0.05, 0) is 99.8 Å². The predicted molar refractivity (Wildman–Crippen MR) is 155 cm³/mol. The molecule has 5 rings (SSSR count). The summed E-state index contributed by atoms with van der Waals surface area (Å²) in [4.78, 5) is 13.3. The lowest BCUT2D eigenvalue weighted by molar-refractivity contribution is -0.122. The largest absolute Gasteiger partial charge is 0.508 e. The number of nitrogens with one attached hydrogen (secondary N) is 2. The number of hydrogen-bond donors (Lipinski definition) is 3. The van der Waals surface area contributed by atoms with Crippen molar-refractivity contribution in [1.82, 2.24) is 19.8 Å². The van der Waals surface area contributed by atoms with Crippen LogP contribution in [0.2, 0.25) is 5.02 Å². The van der Waals surface area contributed by atoms with Crippen molar-refractivity contribution in [2.45, 2.75) is 50.5 Å². The van der Waals surface area contributed by atoms with Gasteiger partial charge in [0.25, 0.3) is 5.91 Å². The molecule has 1 unspecified atom stereocenters. The summed E-state index contributed by atoms with van der Waals surface area (Å²) in [7, 11) is -3.78. The summed E-state index contributed by atoms with van der Waals surface area (Å²) in [6.45, 7) is 9.25. The molecule has 5 aromatic rings. The van der Waals surface area contributed by atoms with Gasteiger partial charge in [-0.3, -0.25) is 9.89 Å². The molecule has 0 bridgehead atoms. The van der Waals surface area contributed by atoms with Crippen molar-refractivity contribution in [1.29, 1.82) is 0 Å². The SMILES string of the molecule is Cc1cc(C)c(-c2nnc3c(Cl)c(C)[nH]n23)c(C)c1NC(=O)C(C)Oc1ccc(S(=O)(=O)c2ccc(O)cc2)cc1. The number of amides is 1. The number of aryl methyl sites for hydroxylation is 3. The molecule has 3 aromatic carbocycles. The summed E-state index contributed by atoms with van der Waals surface area (Å²) < 4.78 is 33.3. The maximum Gasteiger partial charge on any atom is 0.265 e. The summed E-state index contributed by atoms with van der Waals surface area (Å²) >= 11 is 6.35. The molecular formula is C29H28ClN5O5S. The van der Waals surface area contributed by atoms with E-state index in [-0.39, 0.29) is 21.4 Å². The van der Waals surface area contributed by atoms with E-state index in [1.165, 1.54) is 48.5 Å². The number of phenols is 1. The molecule has 2 aromatic heterocycles. The Kier molecular flexibility index (Phi) is 7.26. The minimum Gasteiger partial charge on any atom is -0.508 e. The van der Waals surface area contributed by atoms with E-state index in [1.54, 1.807) is 11.4 Å². The molecule has 0 fully saturated rings. The maximum absolute atomic E-state index is 13.2. The Labute approximate surface area is 241 Å². The number of aromatic nitrogens is 4. The summed E-state index contributed by atoms with van der Waals surface area (Å²) in [5.41, 5.74) is 5.38. The number of halogens is 1. The maximum atomic E-state index is 13.2. The first kappa shape index (κ1) is 28.2. The number of aromatic amines is 1. The first-order valence-electron chi connectivity index (χ1n) is 12.7. The van der Waals surface area contributed by atoms with E-state index in [9.17, 15) is 18.3 Å². The molecule has 0 saturated heterocycles. The van der Waals surface area contributed by atoms with E-state index in [0.717, 1.165) is 27.9 Å². The summed E-state index contributed by atoms with van der Waals surface area (Å²) in [6.07, 6.45) is -0.886. The number of H-pyrrole nitrogens is 1. The number of anilines is 1. The van der Waals surface area contributed by atoms with E-state index in [4.69, 9.17) is 16.3 Å². The molecule has 1 atom stereocenters. The molecule has 212 valence electrons. The lowest BCUT2D eigenvalue weighted by Crippen LogP contribution is -2.30. The van der Waals surface area contributed by atoms with Crippen molar-refractivity contribution < 1.29 is 23.1 Å². The van der Waals surface area contributed by atoms with Crippen LogP contribution in [0.4, 0.5) is 5.69 Å². The molecule has 0 spiro atoms. The van der Waals surface area contributed by atoms with Gasteiger partial charge in [0.2, 0.25) is 9.84 Å². The smallest absolute Gasteiger partial charge is 0.265 e. The van der Waals surface area contributed by atoms with Gasteiger partial charge in [0, 0.05) is 11.3 Å². The Hall–Kier alpha value is -4.35. The van der Waals surface area contributed by atoms with Crippen molar-refractivity contribution in [2.75, 3.05) is 5.32 Å². The second kappa shape index (κ2) is 10.6. The molecule has 0 aliphatic rings. The lowest BCUT2D eigenvalue weighted by atomic mass is 9.96. The second-order valence-corrected chi connectivity index (χ2v) is 12.2. The van der Waals surface area contributed by atoms with Crippen LogP contribution >= 0.6 is 11.6 Å². The fourth-order valence-electron chi connectivity index (χ4n) is 4.74. The Morgan fingerprint density at radius 1 is 1.00 bits per heavy atom. The van der Waals surface area contributed by atoms with Crippen LogP contribution in [0.25, 0.3) is 17.0 Å². The Morgan fingerprint density at radius 2 is 1.61 bits per heavy atom. The van der Waals surface area contributed by atoms with Crippen molar-refractivity contribution in [3.8, 4) is 22.9 Å². The standard InChI is InChI=1S/C29H28ClN5O5S/c1-15-14-16(2)26(17(3)24(15)27-32-33-28-25(30)18(4)34-35(27)28)31-29(37)19(5)40-21-8-12-23(13-9-21)41(38,39)22-10-6-20(36)7-11-22/h6-14,19,34,36H,1-5H3,(H,31,37). The number of benzene rings is 3. The average molecular weight is 594 g/mol. The van der Waals surface area contributed by atoms with Crippen LogP contribution < -0.4 is 10.1 Å². The van der Waals surface area contributed by atoms with Crippen LogP contribution in [-0.2, 0) is 14.6 Å². The van der Waals surface area contributed by atoms with Crippen LogP contribution in [-0.4, -0.2) is 45.3 Å². The van der Waals surface area contributed by atoms with Gasteiger partial charge >= 0.3 is 0 Å². The van der Waals surface area contributed by atoms with E-state index in [1.807, 2.05) is 33.8 Å². The molecule has 0 saturated carbocycles. The third-order valence-corrected chi connectivity index (χ3v) is 9.11. The normalized spacial score (nSPS) is 12.4. The number of nitrogens with zero attached hydrogens (tertiary/aromatic N) is 3. The highest BCUT2D eigenvalue weighted by Crippen LogP contribution is 2.35. The molecule has 3 N–H and O–H groups in total. The molecule has 0 radical (unpaired) electrons. The third-order valence-electron chi connectivity index (χ3n) is 6.87. The number of fused-ring (bicyclic) bond motifs is 1. The zero-order valence-corrected chi connectivity index (χ0v) is 24.6. The minimum absolute atomic E-state index is 0.0245. The molecule has 2 heterocycles. The van der Waals surface area contributed by atoms with E-state index >= 15 is 0 Å². The van der Waals surface area contributed by atoms with Gasteiger partial charge in [0.05, 0.1) is 15.5 Å². The molecule has 0 aliphatic carbocycles. The average Bonchev–Trinajstić information content (AvgIpc) is 3.45. The Bertz CT molecular complexity index is 1900. The Balaban J connectivity index is 1.35. The van der Waals surface area contributed by atoms with Gasteiger partial charge in [-0.2, -0.15) is 0 Å². The monoisotopic (exact) mass is 593 g/mol. The number of phenolic OH excluding ortho intramolecular Hbond substituents is 1. The van der Waals surface area contributed by atoms with Crippen molar-refractivity contribution in [3.05, 3.63) is 82.0 Å². The lowest BCUT2D eigenvalue weighted by Gasteiger charge is -2.20. The highest BCUT2D eigenvalue weighted by atomic mass is 35.5. The molecule has 1 amide bonds. The molecule has 12 heteroatoms. The number of ether oxygens (including phenoxy) is 1. The topological polar surface area (TPSA) is 139 Å². The number of carbonyl (C=O) groups is 1. The highest BCUT2D eigenvalue weighted by Gasteiger charge is 2.23. The molecule has 10 nitrogen and oxygen atoms in total. The van der Waals surface area contributed by atoms with Crippen LogP contribution in [0.15, 0.2) is 64.4 Å². The highest BCUT2D eigenvalue weighted by molar-refractivity contribution is 7.91. The second-order valence-electron chi connectivity index (χ2n) is 9.84. The summed E-state index contributed by atoms with van der Waals surface area (Å²) in [6, 6.07) is 13.1. The van der Waals surface area contributed by atoms with Gasteiger partial charge < -0.3 is 15.2 Å². The molecular weight excluding hydrogens is 566 g/mol. The van der Waals surface area contributed by atoms with E-state index < -0.39 is 15.9 Å². The molecule has 41 heavy (non-hydrogen) atoms. The number of sulfone groups is 1. The Morgan fingerprint density at radius 3 is 2.24 bits per heavy atom. The number of carbonyl (C=O) groups excluding carboxylic acids is 1. The fraction of sp³-hybridized carbons (Fsp3) is 0.207. The van der Waals surface area contributed by atoms with Gasteiger partial charge in [-0.25, -0.2) is 12.9 Å². The quantitative estimate of drug-likeness (QED) is 0.225. The van der Waals surface area contributed by atoms with E-state index in [2.05, 4.69) is 20.6 Å². The first-order chi connectivity index (χ1) is 19.4. The number of hydrogen-bond acceptors (Lipinski definition) is 7. The first-order valence-corrected chi connectivity index (χ1v) is 14.6. The molecule has 0 aliphatic heterocycles. The number of rotatable bonds is 7. The van der Waals surface area contributed by atoms with Crippen molar-refractivity contribution >= 4 is 38.7 Å². The van der Waals surface area contributed by atoms with Crippen molar-refractivity contribution in [2.24, 2.45) is 0 Å². The predicted octanol–water partition coefficient (Wildman–Crippen LogP) is 5.56. The van der Waals surface area contributed by atoms with Crippen LogP contribution in [0.1, 0.15) is 29.3 Å². The number of aromatic hydroxyl groups is 1. The fourth-order valence-corrected chi connectivity index (χ4v) is 6.17. The van der Waals surface area contributed by atoms with Gasteiger partial charge in [0.15, 0.2) is 17.6 Å². The van der Waals surface area contributed by atoms with Gasteiger partial charge in [-0.15, -0.1) is 10.2 Å². The minimum atomic E-state index is -3.78. The van der Waals surface area contributed by atoms with Crippen LogP contribution in [0.3, 0.4) is 0 Å². The van der Waals surface area contributed by atoms with Crippen LogP contribution in [0, 0.1) is 27.7 Å². The zero-order chi connectivity index (χ0) is 29.6. The zero-order valence-electron chi connectivity index (χ0n) is 23.0. The summed E-state index contributed by atoms with van der Waals surface area (Å²) in [5.74, 6) is 0.507. The van der Waals surface area contributed by atoms with Gasteiger partial charge in [-0.1, -0.05) is 17.7 Å².